The van der Waals surface area contributed by atoms with E-state index in [1.54, 1.807) is 18.4 Å². The summed E-state index contributed by atoms with van der Waals surface area (Å²) in [4.78, 5) is 18.9. The minimum Gasteiger partial charge on any atom is -0.491 e. The summed E-state index contributed by atoms with van der Waals surface area (Å²) in [7, 11) is 3.06. The molecule has 158 valence electrons. The van der Waals surface area contributed by atoms with E-state index in [0.717, 1.165) is 39.9 Å². The van der Waals surface area contributed by atoms with Gasteiger partial charge in [-0.25, -0.2) is 4.98 Å². The molecule has 0 unspecified atom stereocenters. The summed E-state index contributed by atoms with van der Waals surface area (Å²) in [5.41, 5.74) is 4.91. The molecule has 1 aromatic rings. The molecule has 0 atom stereocenters. The molecular formula is C25H29NO3S. The maximum Gasteiger partial charge on any atom is 0.229 e. The normalized spacial score (nSPS) is 11.7. The van der Waals surface area contributed by atoms with Gasteiger partial charge in [-0.05, 0) is 58.6 Å². The van der Waals surface area contributed by atoms with Crippen LogP contribution in [-0.2, 0) is 6.42 Å². The SMILES string of the molecule is COc1c2nc3ccccc3sc-2c(CCC=C(C)CCC=C(C)C)c(=O)c1OC. The number of nitrogens with zero attached hydrogens (tertiary/aromatic N) is 1. The van der Waals surface area contributed by atoms with Gasteiger partial charge in [0.1, 0.15) is 5.69 Å². The van der Waals surface area contributed by atoms with Crippen LogP contribution >= 0.6 is 11.3 Å². The van der Waals surface area contributed by atoms with Crippen LogP contribution in [0.3, 0.4) is 0 Å². The summed E-state index contributed by atoms with van der Waals surface area (Å²) in [5.74, 6) is 0.649. The molecule has 1 aromatic carbocycles. The van der Waals surface area contributed by atoms with Crippen LogP contribution in [0.4, 0.5) is 0 Å². The lowest BCUT2D eigenvalue weighted by Gasteiger charge is -2.17. The molecule has 4 nitrogen and oxygen atoms in total. The number of para-hydroxylation sites is 1. The highest BCUT2D eigenvalue weighted by molar-refractivity contribution is 7.21. The Balaban J connectivity index is 2.01. The number of rotatable bonds is 8. The van der Waals surface area contributed by atoms with Gasteiger partial charge in [0.25, 0.3) is 0 Å². The number of hydrogen-bond donors (Lipinski definition) is 0. The van der Waals surface area contributed by atoms with E-state index in [1.165, 1.54) is 18.3 Å². The third-order valence-corrected chi connectivity index (χ3v) is 6.30. The largest absolute Gasteiger partial charge is 0.491 e. The van der Waals surface area contributed by atoms with Gasteiger partial charge in [0.05, 0.1) is 29.3 Å². The first-order chi connectivity index (χ1) is 14.5. The second-order valence-electron chi connectivity index (χ2n) is 7.64. The highest BCUT2D eigenvalue weighted by atomic mass is 32.1. The number of benzene rings is 2. The zero-order valence-electron chi connectivity index (χ0n) is 18.4. The molecule has 0 spiro atoms. The Bertz CT molecular complexity index is 1120. The minimum atomic E-state index is -0.106. The second-order valence-corrected chi connectivity index (χ2v) is 8.69. The summed E-state index contributed by atoms with van der Waals surface area (Å²) < 4.78 is 12.0. The first-order valence-corrected chi connectivity index (χ1v) is 11.0. The van der Waals surface area contributed by atoms with Crippen molar-refractivity contribution in [3.05, 3.63) is 63.4 Å². The fraction of sp³-hybridized carbons (Fsp3) is 0.360. The average Bonchev–Trinajstić information content (AvgIpc) is 2.73. The summed E-state index contributed by atoms with van der Waals surface area (Å²) in [6, 6.07) is 7.96. The fourth-order valence-electron chi connectivity index (χ4n) is 3.53. The molecule has 0 saturated carbocycles. The molecule has 5 heteroatoms. The smallest absolute Gasteiger partial charge is 0.229 e. The van der Waals surface area contributed by atoms with Crippen LogP contribution in [0.1, 0.15) is 45.6 Å². The summed E-state index contributed by atoms with van der Waals surface area (Å²) >= 11 is 1.59. The van der Waals surface area contributed by atoms with Crippen molar-refractivity contribution in [3.8, 4) is 22.1 Å². The molecule has 1 aliphatic carbocycles. The van der Waals surface area contributed by atoms with E-state index in [0.29, 0.717) is 17.9 Å². The minimum absolute atomic E-state index is 0.106. The third kappa shape index (κ3) is 4.73. The number of aromatic nitrogens is 1. The van der Waals surface area contributed by atoms with Crippen LogP contribution in [0.5, 0.6) is 11.5 Å². The maximum atomic E-state index is 13.2. The Morgan fingerprint density at radius 3 is 2.47 bits per heavy atom. The first-order valence-electron chi connectivity index (χ1n) is 10.2. The van der Waals surface area contributed by atoms with Crippen molar-refractivity contribution in [2.45, 2.75) is 46.5 Å². The fourth-order valence-corrected chi connectivity index (χ4v) is 4.67. The molecule has 0 amide bonds. The average molecular weight is 424 g/mol. The molecular weight excluding hydrogens is 394 g/mol. The van der Waals surface area contributed by atoms with Crippen molar-refractivity contribution in [2.75, 3.05) is 14.2 Å². The number of fused-ring (bicyclic) bond motifs is 2. The van der Waals surface area contributed by atoms with Crippen molar-refractivity contribution >= 4 is 21.6 Å². The zero-order chi connectivity index (χ0) is 21.7. The predicted octanol–water partition coefficient (Wildman–Crippen LogP) is 6.40. The Morgan fingerprint density at radius 2 is 1.77 bits per heavy atom. The lowest BCUT2D eigenvalue weighted by atomic mass is 10.0. The number of methoxy groups -OCH3 is 2. The van der Waals surface area contributed by atoms with Gasteiger partial charge >= 0.3 is 0 Å². The van der Waals surface area contributed by atoms with Gasteiger partial charge in [0.15, 0.2) is 5.75 Å². The number of ether oxygens (including phenoxy) is 2. The molecule has 0 bridgehead atoms. The van der Waals surface area contributed by atoms with Gasteiger partial charge in [-0.3, -0.25) is 4.79 Å². The van der Waals surface area contributed by atoms with Crippen LogP contribution < -0.4 is 14.9 Å². The highest BCUT2D eigenvalue weighted by Crippen LogP contribution is 2.42. The number of hydrogen-bond acceptors (Lipinski definition) is 5. The lowest BCUT2D eigenvalue weighted by Crippen LogP contribution is -2.16. The molecule has 0 radical (unpaired) electrons. The van der Waals surface area contributed by atoms with E-state index in [4.69, 9.17) is 14.5 Å². The molecule has 30 heavy (non-hydrogen) atoms. The molecule has 0 N–H and O–H groups in total. The highest BCUT2D eigenvalue weighted by Gasteiger charge is 2.26. The standard InChI is InChI=1S/C25H29NO3S/c1-16(2)10-8-11-17(3)12-9-13-18-22(27)24(29-5)23(28-4)21-25(18)30-20-15-7-6-14-19(20)26-21/h6-7,10,12,14-15H,8-9,11,13H2,1-5H3. The molecule has 0 aromatic heterocycles. The van der Waals surface area contributed by atoms with Crippen molar-refractivity contribution in [2.24, 2.45) is 0 Å². The van der Waals surface area contributed by atoms with Crippen molar-refractivity contribution in [3.63, 3.8) is 0 Å². The number of allylic oxidation sites excluding steroid dienone is 4. The molecule has 0 saturated heterocycles. The predicted molar refractivity (Wildman–Crippen MR) is 126 cm³/mol. The second kappa shape index (κ2) is 9.90. The lowest BCUT2D eigenvalue weighted by molar-refractivity contribution is 0.352. The van der Waals surface area contributed by atoms with Gasteiger partial charge in [0, 0.05) is 5.56 Å². The van der Waals surface area contributed by atoms with Gasteiger partial charge in [0.2, 0.25) is 11.2 Å². The van der Waals surface area contributed by atoms with Crippen molar-refractivity contribution in [1.29, 1.82) is 0 Å². The summed E-state index contributed by atoms with van der Waals surface area (Å²) in [6.45, 7) is 6.40. The Morgan fingerprint density at radius 1 is 1.03 bits per heavy atom. The topological polar surface area (TPSA) is 48.4 Å². The van der Waals surface area contributed by atoms with Crippen molar-refractivity contribution < 1.29 is 9.47 Å². The van der Waals surface area contributed by atoms with E-state index in [9.17, 15) is 4.79 Å². The van der Waals surface area contributed by atoms with Crippen LogP contribution in [0.15, 0.2) is 52.4 Å². The van der Waals surface area contributed by atoms with E-state index in [1.807, 2.05) is 24.3 Å². The Kier molecular flexibility index (Phi) is 7.27. The zero-order valence-corrected chi connectivity index (χ0v) is 19.2. The van der Waals surface area contributed by atoms with Crippen LogP contribution in [-0.4, -0.2) is 19.2 Å². The van der Waals surface area contributed by atoms with Crippen molar-refractivity contribution in [1.82, 2.24) is 4.98 Å². The molecule has 3 rings (SSSR count). The molecule has 1 heterocycles. The Labute approximate surface area is 182 Å². The van der Waals surface area contributed by atoms with E-state index in [2.05, 4.69) is 32.9 Å². The molecule has 1 aliphatic heterocycles. The quantitative estimate of drug-likeness (QED) is 0.310. The molecule has 0 fully saturated rings. The van der Waals surface area contributed by atoms with Crippen LogP contribution in [0.25, 0.3) is 20.8 Å². The molecule has 2 aliphatic rings. The summed E-state index contributed by atoms with van der Waals surface area (Å²) in [5, 5.41) is 0. The monoisotopic (exact) mass is 423 g/mol. The maximum absolute atomic E-state index is 13.2. The summed E-state index contributed by atoms with van der Waals surface area (Å²) in [6.07, 6.45) is 8.03. The van der Waals surface area contributed by atoms with Crippen LogP contribution in [0, 0.1) is 0 Å². The van der Waals surface area contributed by atoms with Gasteiger partial charge < -0.3 is 9.47 Å². The third-order valence-electron chi connectivity index (χ3n) is 5.09. The van der Waals surface area contributed by atoms with Crippen LogP contribution in [0.2, 0.25) is 0 Å². The van der Waals surface area contributed by atoms with Gasteiger partial charge in [-0.2, -0.15) is 0 Å². The Hall–Kier alpha value is -2.66. The van der Waals surface area contributed by atoms with E-state index in [-0.39, 0.29) is 11.2 Å². The van der Waals surface area contributed by atoms with Gasteiger partial charge in [-0.15, -0.1) is 11.3 Å². The van der Waals surface area contributed by atoms with E-state index < -0.39 is 0 Å². The van der Waals surface area contributed by atoms with Gasteiger partial charge in [-0.1, -0.05) is 35.4 Å². The van der Waals surface area contributed by atoms with E-state index >= 15 is 0 Å². The first kappa shape index (κ1) is 22.0.